The number of carboxylic acids is 1. The van der Waals surface area contributed by atoms with E-state index in [0.29, 0.717) is 24.5 Å². The van der Waals surface area contributed by atoms with Crippen LogP contribution >= 0.6 is 0 Å². The molecule has 0 heterocycles. The predicted molar refractivity (Wildman–Crippen MR) is 78.2 cm³/mol. The standard InChI is InChI=1S/C16H21NO4/c1-12-7-9-16(10-8-12,14(18)19)11-17-15(20)21-13-5-3-2-4-6-13/h2-6,12H,7-11H2,1H3,(H,17,20)(H,18,19). The number of amides is 1. The van der Waals surface area contributed by atoms with E-state index >= 15 is 0 Å². The van der Waals surface area contributed by atoms with Crippen molar-refractivity contribution in [1.29, 1.82) is 0 Å². The van der Waals surface area contributed by atoms with Crippen molar-refractivity contribution in [3.63, 3.8) is 0 Å². The van der Waals surface area contributed by atoms with Gasteiger partial charge in [0.05, 0.1) is 5.41 Å². The van der Waals surface area contributed by atoms with E-state index in [2.05, 4.69) is 12.2 Å². The van der Waals surface area contributed by atoms with Crippen LogP contribution in [0.4, 0.5) is 4.79 Å². The molecule has 2 rings (SSSR count). The first-order valence-corrected chi connectivity index (χ1v) is 7.26. The highest BCUT2D eigenvalue weighted by atomic mass is 16.6. The smallest absolute Gasteiger partial charge is 0.412 e. The molecule has 0 aromatic heterocycles. The third-order valence-corrected chi connectivity index (χ3v) is 4.21. The van der Waals surface area contributed by atoms with Crippen molar-refractivity contribution in [1.82, 2.24) is 5.32 Å². The molecule has 0 unspecified atom stereocenters. The molecular formula is C16H21NO4. The highest BCUT2D eigenvalue weighted by Crippen LogP contribution is 2.38. The fourth-order valence-corrected chi connectivity index (χ4v) is 2.65. The quantitative estimate of drug-likeness (QED) is 0.894. The van der Waals surface area contributed by atoms with Gasteiger partial charge in [0.15, 0.2) is 0 Å². The summed E-state index contributed by atoms with van der Waals surface area (Å²) in [6.45, 7) is 2.24. The van der Waals surface area contributed by atoms with E-state index in [0.717, 1.165) is 12.8 Å². The second kappa shape index (κ2) is 6.61. The van der Waals surface area contributed by atoms with Crippen molar-refractivity contribution in [2.24, 2.45) is 11.3 Å². The van der Waals surface area contributed by atoms with Crippen molar-refractivity contribution in [2.75, 3.05) is 6.54 Å². The van der Waals surface area contributed by atoms with E-state index < -0.39 is 17.5 Å². The number of carboxylic acid groups (broad SMARTS) is 1. The lowest BCUT2D eigenvalue weighted by atomic mass is 9.71. The summed E-state index contributed by atoms with van der Waals surface area (Å²) in [6.07, 6.45) is 2.33. The number of carbonyl (C=O) groups is 2. The molecule has 0 spiro atoms. The van der Waals surface area contributed by atoms with E-state index in [1.165, 1.54) is 0 Å². The van der Waals surface area contributed by atoms with E-state index in [1.54, 1.807) is 24.3 Å². The summed E-state index contributed by atoms with van der Waals surface area (Å²) < 4.78 is 5.11. The monoisotopic (exact) mass is 291 g/mol. The number of rotatable bonds is 4. The Morgan fingerprint density at radius 3 is 2.48 bits per heavy atom. The normalized spacial score (nSPS) is 25.1. The number of hydrogen-bond donors (Lipinski definition) is 2. The first kappa shape index (κ1) is 15.4. The Labute approximate surface area is 124 Å². The van der Waals surface area contributed by atoms with Crippen LogP contribution in [0.15, 0.2) is 30.3 Å². The lowest BCUT2D eigenvalue weighted by Gasteiger charge is -2.35. The summed E-state index contributed by atoms with van der Waals surface area (Å²) in [5.74, 6) is 0.153. The van der Waals surface area contributed by atoms with Crippen LogP contribution in [0, 0.1) is 11.3 Å². The molecule has 1 amide bonds. The molecule has 0 radical (unpaired) electrons. The van der Waals surface area contributed by atoms with Crippen LogP contribution in [0.5, 0.6) is 5.75 Å². The van der Waals surface area contributed by atoms with Crippen molar-refractivity contribution < 1.29 is 19.4 Å². The van der Waals surface area contributed by atoms with Crippen molar-refractivity contribution in [3.8, 4) is 5.75 Å². The van der Waals surface area contributed by atoms with Gasteiger partial charge in [-0.2, -0.15) is 0 Å². The maximum absolute atomic E-state index is 11.8. The second-order valence-electron chi connectivity index (χ2n) is 5.82. The van der Waals surface area contributed by atoms with Gasteiger partial charge in [-0.15, -0.1) is 0 Å². The molecule has 1 aliphatic carbocycles. The number of ether oxygens (including phenoxy) is 1. The largest absolute Gasteiger partial charge is 0.481 e. The third-order valence-electron chi connectivity index (χ3n) is 4.21. The zero-order valence-corrected chi connectivity index (χ0v) is 12.2. The molecule has 5 nitrogen and oxygen atoms in total. The molecule has 1 saturated carbocycles. The fourth-order valence-electron chi connectivity index (χ4n) is 2.65. The summed E-state index contributed by atoms with van der Waals surface area (Å²) in [4.78, 5) is 23.3. The lowest BCUT2D eigenvalue weighted by Crippen LogP contribution is -2.45. The summed E-state index contributed by atoms with van der Waals surface area (Å²) in [6, 6.07) is 8.71. The molecule has 0 atom stereocenters. The Balaban J connectivity index is 1.90. The minimum absolute atomic E-state index is 0.112. The zero-order chi connectivity index (χ0) is 15.3. The van der Waals surface area contributed by atoms with Gasteiger partial charge in [0.25, 0.3) is 0 Å². The highest BCUT2D eigenvalue weighted by Gasteiger charge is 2.41. The van der Waals surface area contributed by atoms with E-state index in [9.17, 15) is 14.7 Å². The molecule has 2 N–H and O–H groups in total. The van der Waals surface area contributed by atoms with Crippen LogP contribution in [0.25, 0.3) is 0 Å². The minimum atomic E-state index is -0.859. The number of para-hydroxylation sites is 1. The minimum Gasteiger partial charge on any atom is -0.481 e. The zero-order valence-electron chi connectivity index (χ0n) is 12.2. The average molecular weight is 291 g/mol. The van der Waals surface area contributed by atoms with Gasteiger partial charge >= 0.3 is 12.1 Å². The van der Waals surface area contributed by atoms with Gasteiger partial charge in [-0.25, -0.2) is 4.79 Å². The van der Waals surface area contributed by atoms with Gasteiger partial charge in [0.1, 0.15) is 5.75 Å². The van der Waals surface area contributed by atoms with Gasteiger partial charge < -0.3 is 15.2 Å². The van der Waals surface area contributed by atoms with Crippen LogP contribution in [0.3, 0.4) is 0 Å². The SMILES string of the molecule is CC1CCC(CNC(=O)Oc2ccccc2)(C(=O)O)CC1. The first-order chi connectivity index (χ1) is 10.0. The molecule has 1 aromatic rings. The topological polar surface area (TPSA) is 75.6 Å². The van der Waals surface area contributed by atoms with E-state index in [-0.39, 0.29) is 6.54 Å². The highest BCUT2D eigenvalue weighted by molar-refractivity contribution is 5.77. The molecule has 1 aromatic carbocycles. The van der Waals surface area contributed by atoms with E-state index in [4.69, 9.17) is 4.74 Å². The summed E-state index contributed by atoms with van der Waals surface area (Å²) in [5.41, 5.74) is -0.859. The number of hydrogen-bond acceptors (Lipinski definition) is 3. The van der Waals surface area contributed by atoms with Gasteiger partial charge in [0, 0.05) is 6.54 Å². The van der Waals surface area contributed by atoms with Crippen LogP contribution in [0.2, 0.25) is 0 Å². The van der Waals surface area contributed by atoms with Gasteiger partial charge in [-0.1, -0.05) is 25.1 Å². The number of nitrogens with one attached hydrogen (secondary N) is 1. The van der Waals surface area contributed by atoms with Crippen molar-refractivity contribution >= 4 is 12.1 Å². The van der Waals surface area contributed by atoms with Gasteiger partial charge in [-0.3, -0.25) is 4.79 Å². The second-order valence-corrected chi connectivity index (χ2v) is 5.82. The number of carbonyl (C=O) groups excluding carboxylic acids is 1. The summed E-state index contributed by atoms with van der Waals surface area (Å²) >= 11 is 0. The van der Waals surface area contributed by atoms with Crippen LogP contribution in [-0.2, 0) is 4.79 Å². The summed E-state index contributed by atoms with van der Waals surface area (Å²) in [5, 5.41) is 12.1. The average Bonchev–Trinajstić information content (AvgIpc) is 2.48. The molecule has 1 aliphatic rings. The third kappa shape index (κ3) is 3.97. The predicted octanol–water partition coefficient (Wildman–Crippen LogP) is 3.06. The molecular weight excluding hydrogens is 270 g/mol. The number of benzene rings is 1. The first-order valence-electron chi connectivity index (χ1n) is 7.26. The lowest BCUT2D eigenvalue weighted by molar-refractivity contribution is -0.151. The van der Waals surface area contributed by atoms with Crippen LogP contribution < -0.4 is 10.1 Å². The van der Waals surface area contributed by atoms with Crippen LogP contribution in [0.1, 0.15) is 32.6 Å². The Hall–Kier alpha value is -2.04. The van der Waals surface area contributed by atoms with Gasteiger partial charge in [0.2, 0.25) is 0 Å². The Kier molecular flexibility index (Phi) is 4.83. The molecule has 0 bridgehead atoms. The molecule has 21 heavy (non-hydrogen) atoms. The van der Waals surface area contributed by atoms with Crippen molar-refractivity contribution in [2.45, 2.75) is 32.6 Å². The molecule has 5 heteroatoms. The Morgan fingerprint density at radius 1 is 1.29 bits per heavy atom. The Morgan fingerprint density at radius 2 is 1.90 bits per heavy atom. The van der Waals surface area contributed by atoms with E-state index in [1.807, 2.05) is 6.07 Å². The Bertz CT molecular complexity index is 492. The molecule has 1 fully saturated rings. The maximum Gasteiger partial charge on any atom is 0.412 e. The maximum atomic E-state index is 11.8. The van der Waals surface area contributed by atoms with Crippen LogP contribution in [-0.4, -0.2) is 23.7 Å². The molecule has 0 saturated heterocycles. The summed E-state index contributed by atoms with van der Waals surface area (Å²) in [7, 11) is 0. The number of aliphatic carboxylic acids is 1. The fraction of sp³-hybridized carbons (Fsp3) is 0.500. The van der Waals surface area contributed by atoms with Gasteiger partial charge in [-0.05, 0) is 43.7 Å². The molecule has 0 aliphatic heterocycles. The molecule has 114 valence electrons. The van der Waals surface area contributed by atoms with Crippen molar-refractivity contribution in [3.05, 3.63) is 30.3 Å².